The minimum absolute atomic E-state index is 0.0840. The van der Waals surface area contributed by atoms with Crippen molar-refractivity contribution in [2.24, 2.45) is 0 Å². The molecule has 2 aromatic carbocycles. The molecule has 0 unspecified atom stereocenters. The number of thioether (sulfide) groups is 1. The Bertz CT molecular complexity index is 1040. The molecule has 0 aliphatic carbocycles. The molecule has 1 fully saturated rings. The van der Waals surface area contributed by atoms with Crippen molar-refractivity contribution < 1.29 is 24.2 Å². The van der Waals surface area contributed by atoms with Crippen LogP contribution in [-0.2, 0) is 4.79 Å². The van der Waals surface area contributed by atoms with Crippen LogP contribution in [0.4, 0.5) is 5.69 Å². The lowest BCUT2D eigenvalue weighted by atomic mass is 10.1. The third-order valence-corrected chi connectivity index (χ3v) is 5.87. The van der Waals surface area contributed by atoms with Gasteiger partial charge < -0.3 is 14.6 Å². The number of hydrogen-bond donors (Lipinski definition) is 1. The number of carbonyl (C=O) groups is 2. The lowest BCUT2D eigenvalue weighted by molar-refractivity contribution is -0.113. The van der Waals surface area contributed by atoms with Gasteiger partial charge in [-0.2, -0.15) is 0 Å². The van der Waals surface area contributed by atoms with Crippen LogP contribution in [0.3, 0.4) is 0 Å². The molecule has 0 radical (unpaired) electrons. The molecule has 150 valence electrons. The summed E-state index contributed by atoms with van der Waals surface area (Å²) in [5, 5.41) is 9.19. The largest absolute Gasteiger partial charge is 0.493 e. The molecule has 0 saturated carbocycles. The zero-order chi connectivity index (χ0) is 21.1. The number of methoxy groups -OCH3 is 1. The second-order valence-electron chi connectivity index (χ2n) is 5.84. The Morgan fingerprint density at radius 1 is 1.34 bits per heavy atom. The number of carboxylic acids is 1. The summed E-state index contributed by atoms with van der Waals surface area (Å²) in [6, 6.07) is 9.71. The monoisotopic (exact) mass is 493 g/mol. The van der Waals surface area contributed by atoms with Gasteiger partial charge in [-0.05, 0) is 64.8 Å². The van der Waals surface area contributed by atoms with Gasteiger partial charge in [0.25, 0.3) is 5.91 Å². The quantitative estimate of drug-likeness (QED) is 0.450. The molecule has 1 aliphatic heterocycles. The maximum absolute atomic E-state index is 12.9. The van der Waals surface area contributed by atoms with Crippen molar-refractivity contribution in [1.82, 2.24) is 0 Å². The Morgan fingerprint density at radius 3 is 2.76 bits per heavy atom. The van der Waals surface area contributed by atoms with Crippen molar-refractivity contribution in [3.8, 4) is 11.5 Å². The summed E-state index contributed by atoms with van der Waals surface area (Å²) in [6.07, 6.45) is 1.71. The number of rotatable bonds is 6. The molecule has 1 N–H and O–H groups in total. The predicted molar refractivity (Wildman–Crippen MR) is 121 cm³/mol. The number of carbonyl (C=O) groups excluding carboxylic acids is 1. The molecular weight excluding hydrogens is 478 g/mol. The molecule has 0 spiro atoms. The van der Waals surface area contributed by atoms with Crippen LogP contribution < -0.4 is 14.4 Å². The van der Waals surface area contributed by atoms with E-state index in [2.05, 4.69) is 15.9 Å². The van der Waals surface area contributed by atoms with E-state index in [1.807, 2.05) is 13.0 Å². The number of carboxylic acid groups (broad SMARTS) is 1. The number of halogens is 1. The van der Waals surface area contributed by atoms with Crippen LogP contribution in [0.1, 0.15) is 22.8 Å². The van der Waals surface area contributed by atoms with E-state index in [4.69, 9.17) is 21.7 Å². The highest BCUT2D eigenvalue weighted by atomic mass is 79.9. The Kier molecular flexibility index (Phi) is 6.61. The standard InChI is InChI=1S/C20H16BrNO5S2/c1-3-27-17-14(21)7-11(8-15(17)26-2)9-16-18(23)22(20(28)29-16)13-6-4-5-12(10-13)19(24)25/h4-10H,3H2,1-2H3,(H,24,25)/b16-9-. The van der Waals surface area contributed by atoms with Gasteiger partial charge in [0.2, 0.25) is 0 Å². The minimum Gasteiger partial charge on any atom is -0.493 e. The molecule has 0 atom stereocenters. The first-order valence-electron chi connectivity index (χ1n) is 8.47. The number of anilines is 1. The summed E-state index contributed by atoms with van der Waals surface area (Å²) >= 11 is 9.98. The van der Waals surface area contributed by atoms with Crippen molar-refractivity contribution in [2.45, 2.75) is 6.92 Å². The van der Waals surface area contributed by atoms with Crippen LogP contribution in [0.5, 0.6) is 11.5 Å². The van der Waals surface area contributed by atoms with Gasteiger partial charge in [0.05, 0.1) is 34.3 Å². The maximum atomic E-state index is 12.9. The molecular formula is C20H16BrNO5S2. The molecule has 1 amide bonds. The van der Waals surface area contributed by atoms with E-state index in [1.165, 1.54) is 17.0 Å². The number of hydrogen-bond acceptors (Lipinski definition) is 6. The fourth-order valence-electron chi connectivity index (χ4n) is 2.73. The number of amides is 1. The van der Waals surface area contributed by atoms with Gasteiger partial charge in [0.15, 0.2) is 15.8 Å². The van der Waals surface area contributed by atoms with Gasteiger partial charge in [-0.1, -0.05) is 30.0 Å². The first-order chi connectivity index (χ1) is 13.8. The average Bonchev–Trinajstić information content (AvgIpc) is 2.96. The van der Waals surface area contributed by atoms with Crippen molar-refractivity contribution >= 4 is 67.9 Å². The van der Waals surface area contributed by atoms with Crippen molar-refractivity contribution in [1.29, 1.82) is 0 Å². The van der Waals surface area contributed by atoms with Crippen molar-refractivity contribution in [3.63, 3.8) is 0 Å². The molecule has 1 saturated heterocycles. The normalized spacial score (nSPS) is 15.1. The third-order valence-electron chi connectivity index (χ3n) is 3.98. The SMILES string of the molecule is CCOc1c(Br)cc(/C=C2\SC(=S)N(c3cccc(C(=O)O)c3)C2=O)cc1OC. The highest BCUT2D eigenvalue weighted by molar-refractivity contribution is 9.10. The zero-order valence-corrected chi connectivity index (χ0v) is 18.7. The van der Waals surface area contributed by atoms with Gasteiger partial charge in [-0.25, -0.2) is 4.79 Å². The summed E-state index contributed by atoms with van der Waals surface area (Å²) in [4.78, 5) is 25.9. The summed E-state index contributed by atoms with van der Waals surface area (Å²) in [5.41, 5.74) is 1.24. The Morgan fingerprint density at radius 2 is 2.10 bits per heavy atom. The van der Waals surface area contributed by atoms with Crippen LogP contribution in [0.25, 0.3) is 6.08 Å². The van der Waals surface area contributed by atoms with Crippen LogP contribution in [-0.4, -0.2) is 35.0 Å². The fraction of sp³-hybridized carbons (Fsp3) is 0.150. The molecule has 29 heavy (non-hydrogen) atoms. The smallest absolute Gasteiger partial charge is 0.335 e. The Labute approximate surface area is 185 Å². The molecule has 2 aromatic rings. The number of aromatic carboxylic acids is 1. The maximum Gasteiger partial charge on any atom is 0.335 e. The summed E-state index contributed by atoms with van der Waals surface area (Å²) in [5.74, 6) is -0.257. The first-order valence-corrected chi connectivity index (χ1v) is 10.5. The van der Waals surface area contributed by atoms with E-state index in [-0.39, 0.29) is 11.5 Å². The molecule has 9 heteroatoms. The topological polar surface area (TPSA) is 76.1 Å². The van der Waals surface area contributed by atoms with E-state index in [9.17, 15) is 14.7 Å². The summed E-state index contributed by atoms with van der Waals surface area (Å²) in [6.45, 7) is 2.37. The Balaban J connectivity index is 1.95. The molecule has 0 aromatic heterocycles. The first kappa shape index (κ1) is 21.4. The van der Waals surface area contributed by atoms with Crippen LogP contribution in [0.2, 0.25) is 0 Å². The molecule has 0 bridgehead atoms. The minimum atomic E-state index is -1.07. The number of thiocarbonyl (C=S) groups is 1. The van der Waals surface area contributed by atoms with E-state index >= 15 is 0 Å². The van der Waals surface area contributed by atoms with Crippen molar-refractivity contribution in [2.75, 3.05) is 18.6 Å². The Hall–Kier alpha value is -2.36. The second-order valence-corrected chi connectivity index (χ2v) is 8.37. The van der Waals surface area contributed by atoms with Crippen LogP contribution in [0, 0.1) is 0 Å². The number of ether oxygens (including phenoxy) is 2. The molecule has 3 rings (SSSR count). The second kappa shape index (κ2) is 8.98. The molecule has 1 heterocycles. The third kappa shape index (κ3) is 4.47. The van der Waals surface area contributed by atoms with E-state index < -0.39 is 5.97 Å². The number of nitrogens with zero attached hydrogens (tertiary/aromatic N) is 1. The van der Waals surface area contributed by atoms with Crippen LogP contribution in [0.15, 0.2) is 45.8 Å². The van der Waals surface area contributed by atoms with Crippen molar-refractivity contribution in [3.05, 3.63) is 56.9 Å². The fourth-order valence-corrected chi connectivity index (χ4v) is 4.60. The highest BCUT2D eigenvalue weighted by Crippen LogP contribution is 2.40. The zero-order valence-electron chi connectivity index (χ0n) is 15.5. The van der Waals surface area contributed by atoms with Gasteiger partial charge in [-0.15, -0.1) is 0 Å². The van der Waals surface area contributed by atoms with Gasteiger partial charge in [-0.3, -0.25) is 9.69 Å². The van der Waals surface area contributed by atoms with E-state index in [0.29, 0.717) is 37.5 Å². The van der Waals surface area contributed by atoms with Gasteiger partial charge in [0.1, 0.15) is 0 Å². The van der Waals surface area contributed by atoms with Gasteiger partial charge >= 0.3 is 5.97 Å². The van der Waals surface area contributed by atoms with Gasteiger partial charge in [0, 0.05) is 0 Å². The van der Waals surface area contributed by atoms with E-state index in [1.54, 1.807) is 31.4 Å². The lowest BCUT2D eigenvalue weighted by Crippen LogP contribution is -2.27. The van der Waals surface area contributed by atoms with Crippen LogP contribution >= 0.6 is 39.9 Å². The van der Waals surface area contributed by atoms with E-state index in [0.717, 1.165) is 17.3 Å². The predicted octanol–water partition coefficient (Wildman–Crippen LogP) is 4.96. The number of benzene rings is 2. The molecule has 1 aliphatic rings. The highest BCUT2D eigenvalue weighted by Gasteiger charge is 2.33. The summed E-state index contributed by atoms with van der Waals surface area (Å²) < 4.78 is 12.0. The summed E-state index contributed by atoms with van der Waals surface area (Å²) in [7, 11) is 1.54. The lowest BCUT2D eigenvalue weighted by Gasteiger charge is -2.15. The molecule has 6 nitrogen and oxygen atoms in total. The average molecular weight is 494 g/mol.